The Kier molecular flexibility index (Phi) is 6.16. The molecule has 2 aromatic carbocycles. The zero-order valence-electron chi connectivity index (χ0n) is 14.4. The molecule has 0 aliphatic rings. The molecule has 1 N–H and O–H groups in total. The van der Waals surface area contributed by atoms with Gasteiger partial charge >= 0.3 is 0 Å². The smallest absolute Gasteiger partial charge is 0.271 e. The van der Waals surface area contributed by atoms with Crippen molar-refractivity contribution in [3.05, 3.63) is 76.0 Å². The van der Waals surface area contributed by atoms with E-state index in [0.29, 0.717) is 45.0 Å². The van der Waals surface area contributed by atoms with Crippen LogP contribution in [0.3, 0.4) is 0 Å². The molecule has 3 aromatic rings. The average molecular weight is 403 g/mol. The second-order valence-corrected chi connectivity index (χ2v) is 6.33. The molecule has 1 heterocycles. The number of nitrogens with one attached hydrogen (secondary N) is 1. The van der Waals surface area contributed by atoms with E-state index in [4.69, 9.17) is 32.4 Å². The minimum Gasteiger partial charge on any atom is -0.494 e. The lowest BCUT2D eigenvalue weighted by Gasteiger charge is -2.03. The summed E-state index contributed by atoms with van der Waals surface area (Å²) in [6.07, 6.45) is 1.41. The lowest BCUT2D eigenvalue weighted by atomic mass is 10.2. The van der Waals surface area contributed by atoms with Gasteiger partial charge in [-0.1, -0.05) is 23.2 Å². The molecule has 5 nitrogen and oxygen atoms in total. The van der Waals surface area contributed by atoms with Crippen molar-refractivity contribution in [1.82, 2.24) is 5.43 Å². The molecule has 0 saturated heterocycles. The van der Waals surface area contributed by atoms with Gasteiger partial charge in [-0.2, -0.15) is 5.10 Å². The van der Waals surface area contributed by atoms with E-state index in [0.717, 1.165) is 0 Å². The van der Waals surface area contributed by atoms with Crippen LogP contribution in [0, 0.1) is 0 Å². The monoisotopic (exact) mass is 402 g/mol. The van der Waals surface area contributed by atoms with Gasteiger partial charge in [0.1, 0.15) is 17.3 Å². The highest BCUT2D eigenvalue weighted by atomic mass is 35.5. The van der Waals surface area contributed by atoms with Crippen LogP contribution in [0.5, 0.6) is 5.75 Å². The summed E-state index contributed by atoms with van der Waals surface area (Å²) in [5, 5.41) is 5.00. The summed E-state index contributed by atoms with van der Waals surface area (Å²) in [6.45, 7) is 2.47. The molecule has 0 bridgehead atoms. The van der Waals surface area contributed by atoms with Crippen molar-refractivity contribution in [2.45, 2.75) is 6.92 Å². The number of halogens is 2. The summed E-state index contributed by atoms with van der Waals surface area (Å²) in [6, 6.07) is 15.4. The van der Waals surface area contributed by atoms with Gasteiger partial charge in [-0.15, -0.1) is 0 Å². The zero-order chi connectivity index (χ0) is 19.2. The van der Waals surface area contributed by atoms with Gasteiger partial charge < -0.3 is 9.15 Å². The van der Waals surface area contributed by atoms with Crippen LogP contribution in [-0.4, -0.2) is 18.7 Å². The third-order valence-corrected chi connectivity index (χ3v) is 4.17. The van der Waals surface area contributed by atoms with Gasteiger partial charge in [0.15, 0.2) is 0 Å². The molecule has 27 heavy (non-hydrogen) atoms. The summed E-state index contributed by atoms with van der Waals surface area (Å²) in [4.78, 5) is 12.1. The summed E-state index contributed by atoms with van der Waals surface area (Å²) in [7, 11) is 0. The fourth-order valence-electron chi connectivity index (χ4n) is 2.34. The van der Waals surface area contributed by atoms with Crippen molar-refractivity contribution in [3.63, 3.8) is 0 Å². The third-order valence-electron chi connectivity index (χ3n) is 3.61. The Hall–Kier alpha value is -2.76. The average Bonchev–Trinajstić information content (AvgIpc) is 3.13. The van der Waals surface area contributed by atoms with E-state index in [2.05, 4.69) is 10.5 Å². The van der Waals surface area contributed by atoms with Crippen molar-refractivity contribution >= 4 is 35.3 Å². The number of carbonyl (C=O) groups is 1. The Labute approximate surface area is 166 Å². The number of benzene rings is 2. The molecule has 0 radical (unpaired) electrons. The first kappa shape index (κ1) is 19.0. The van der Waals surface area contributed by atoms with E-state index in [-0.39, 0.29) is 5.91 Å². The minimum absolute atomic E-state index is 0.334. The van der Waals surface area contributed by atoms with E-state index in [9.17, 15) is 4.79 Å². The van der Waals surface area contributed by atoms with Crippen LogP contribution in [0.1, 0.15) is 23.0 Å². The van der Waals surface area contributed by atoms with Crippen LogP contribution in [0.25, 0.3) is 11.3 Å². The molecule has 1 amide bonds. The van der Waals surface area contributed by atoms with Gasteiger partial charge in [-0.25, -0.2) is 5.43 Å². The molecule has 0 fully saturated rings. The maximum atomic E-state index is 12.1. The Morgan fingerprint density at radius 3 is 2.67 bits per heavy atom. The number of carbonyl (C=O) groups excluding carboxylic acids is 1. The second-order valence-electron chi connectivity index (χ2n) is 5.48. The maximum Gasteiger partial charge on any atom is 0.271 e. The number of furan rings is 1. The number of ether oxygens (including phenoxy) is 1. The first-order valence-corrected chi connectivity index (χ1v) is 8.94. The van der Waals surface area contributed by atoms with E-state index < -0.39 is 0 Å². The highest BCUT2D eigenvalue weighted by Crippen LogP contribution is 2.31. The zero-order valence-corrected chi connectivity index (χ0v) is 15.9. The number of hydrazone groups is 1. The molecule has 1 aromatic heterocycles. The predicted octanol–water partition coefficient (Wildman–Crippen LogP) is 5.42. The van der Waals surface area contributed by atoms with Gasteiger partial charge in [0.2, 0.25) is 0 Å². The number of nitrogens with zero attached hydrogens (tertiary/aromatic N) is 1. The Bertz CT molecular complexity index is 966. The fraction of sp³-hybridized carbons (Fsp3) is 0.100. The highest BCUT2D eigenvalue weighted by Gasteiger charge is 2.09. The predicted molar refractivity (Wildman–Crippen MR) is 107 cm³/mol. The Morgan fingerprint density at radius 1 is 1.15 bits per heavy atom. The van der Waals surface area contributed by atoms with Crippen LogP contribution in [0.15, 0.2) is 64.1 Å². The maximum absolute atomic E-state index is 12.1. The molecule has 0 saturated carbocycles. The molecule has 0 aliphatic heterocycles. The van der Waals surface area contributed by atoms with Crippen molar-refractivity contribution in [2.24, 2.45) is 5.10 Å². The lowest BCUT2D eigenvalue weighted by molar-refractivity contribution is 0.0955. The third kappa shape index (κ3) is 4.90. The molecule has 0 spiro atoms. The topological polar surface area (TPSA) is 63.8 Å². The summed E-state index contributed by atoms with van der Waals surface area (Å²) in [5.41, 5.74) is 3.61. The molecule has 138 valence electrons. The molecule has 0 aliphatic carbocycles. The highest BCUT2D eigenvalue weighted by molar-refractivity contribution is 6.35. The lowest BCUT2D eigenvalue weighted by Crippen LogP contribution is -2.17. The van der Waals surface area contributed by atoms with Crippen LogP contribution < -0.4 is 10.2 Å². The van der Waals surface area contributed by atoms with Crippen molar-refractivity contribution < 1.29 is 13.9 Å². The van der Waals surface area contributed by atoms with Crippen LogP contribution >= 0.6 is 23.2 Å². The van der Waals surface area contributed by atoms with E-state index in [1.807, 2.05) is 6.92 Å². The SMILES string of the molecule is CCOc1ccc(C(=O)N/N=C/c2ccc(-c3cc(Cl)ccc3Cl)o2)cc1. The van der Waals surface area contributed by atoms with Gasteiger partial charge in [-0.05, 0) is 61.5 Å². The number of hydrogen-bond donors (Lipinski definition) is 1. The summed E-state index contributed by atoms with van der Waals surface area (Å²) >= 11 is 12.2. The van der Waals surface area contributed by atoms with Gasteiger partial charge in [-0.3, -0.25) is 4.79 Å². The summed E-state index contributed by atoms with van der Waals surface area (Å²) in [5.74, 6) is 1.40. The standard InChI is InChI=1S/C20H16Cl2N2O3/c1-2-26-15-6-3-13(4-7-15)20(25)24-23-12-16-8-10-19(27-16)17-11-14(21)5-9-18(17)22/h3-12H,2H2,1H3,(H,24,25)/b23-12+. The minimum atomic E-state index is -0.334. The second kappa shape index (κ2) is 8.75. The fourth-order valence-corrected chi connectivity index (χ4v) is 2.72. The Morgan fingerprint density at radius 2 is 1.93 bits per heavy atom. The van der Waals surface area contributed by atoms with Crippen LogP contribution in [-0.2, 0) is 0 Å². The molecular weight excluding hydrogens is 387 g/mol. The van der Waals surface area contributed by atoms with Gasteiger partial charge in [0, 0.05) is 16.1 Å². The molecule has 0 unspecified atom stereocenters. The normalized spacial score (nSPS) is 10.9. The number of amides is 1. The van der Waals surface area contributed by atoms with E-state index in [1.54, 1.807) is 54.6 Å². The number of rotatable bonds is 6. The van der Waals surface area contributed by atoms with Gasteiger partial charge in [0.25, 0.3) is 5.91 Å². The van der Waals surface area contributed by atoms with Crippen LogP contribution in [0.4, 0.5) is 0 Å². The largest absolute Gasteiger partial charge is 0.494 e. The number of hydrogen-bond acceptors (Lipinski definition) is 4. The van der Waals surface area contributed by atoms with Crippen LogP contribution in [0.2, 0.25) is 10.0 Å². The van der Waals surface area contributed by atoms with E-state index >= 15 is 0 Å². The molecule has 3 rings (SSSR count). The molecule has 0 atom stereocenters. The quantitative estimate of drug-likeness (QED) is 0.442. The first-order chi connectivity index (χ1) is 13.1. The molecular formula is C20H16Cl2N2O3. The Balaban J connectivity index is 1.64. The summed E-state index contributed by atoms with van der Waals surface area (Å²) < 4.78 is 11.0. The van der Waals surface area contributed by atoms with Crippen molar-refractivity contribution in [2.75, 3.05) is 6.61 Å². The van der Waals surface area contributed by atoms with Gasteiger partial charge in [0.05, 0.1) is 17.8 Å². The first-order valence-electron chi connectivity index (χ1n) is 8.18. The molecule has 7 heteroatoms. The van der Waals surface area contributed by atoms with E-state index in [1.165, 1.54) is 6.21 Å². The van der Waals surface area contributed by atoms with Crippen molar-refractivity contribution in [1.29, 1.82) is 0 Å². The van der Waals surface area contributed by atoms with Crippen molar-refractivity contribution in [3.8, 4) is 17.1 Å².